The lowest BCUT2D eigenvalue weighted by molar-refractivity contribution is 0.272. The summed E-state index contributed by atoms with van der Waals surface area (Å²) in [6, 6.07) is 0. The fraction of sp³-hybridized carbons (Fsp3) is 0.615. The maximum atomic E-state index is 12.4. The molecule has 0 unspecified atom stereocenters. The molecular weight excluding hydrogens is 244 g/mol. The lowest BCUT2D eigenvalue weighted by Crippen LogP contribution is -2.30. The molecule has 0 fully saturated rings. The minimum absolute atomic E-state index is 0.111. The van der Waals surface area contributed by atoms with Crippen molar-refractivity contribution in [2.45, 2.75) is 40.2 Å². The molecule has 0 amide bonds. The summed E-state index contributed by atoms with van der Waals surface area (Å²) < 4.78 is 1.43. The van der Waals surface area contributed by atoms with Gasteiger partial charge in [-0.05, 0) is 20.3 Å². The standard InChI is InChI=1S/C13H22N4O2/c1-4-6-10(14)11-12(15-5-2)13(19)17(7-8-18)9(3)16-11/h14-15,18H,4-8H2,1-3H3. The van der Waals surface area contributed by atoms with E-state index in [-0.39, 0.29) is 18.7 Å². The molecule has 0 aliphatic rings. The molecule has 0 atom stereocenters. The number of aliphatic hydroxyl groups is 1. The predicted molar refractivity (Wildman–Crippen MR) is 76.2 cm³/mol. The molecule has 19 heavy (non-hydrogen) atoms. The number of hydrogen-bond acceptors (Lipinski definition) is 5. The van der Waals surface area contributed by atoms with Crippen LogP contribution < -0.4 is 10.9 Å². The number of nitrogens with one attached hydrogen (secondary N) is 2. The van der Waals surface area contributed by atoms with Crippen LogP contribution in [0.1, 0.15) is 38.2 Å². The molecule has 106 valence electrons. The van der Waals surface area contributed by atoms with Crippen molar-refractivity contribution in [1.29, 1.82) is 5.41 Å². The summed E-state index contributed by atoms with van der Waals surface area (Å²) in [5.74, 6) is 0.525. The van der Waals surface area contributed by atoms with Crippen LogP contribution in [-0.4, -0.2) is 33.5 Å². The van der Waals surface area contributed by atoms with Gasteiger partial charge >= 0.3 is 0 Å². The van der Waals surface area contributed by atoms with Gasteiger partial charge in [0.25, 0.3) is 5.56 Å². The van der Waals surface area contributed by atoms with Gasteiger partial charge in [-0.1, -0.05) is 13.3 Å². The van der Waals surface area contributed by atoms with Crippen LogP contribution in [0.3, 0.4) is 0 Å². The van der Waals surface area contributed by atoms with Gasteiger partial charge in [0, 0.05) is 6.54 Å². The molecule has 1 rings (SSSR count). The van der Waals surface area contributed by atoms with Gasteiger partial charge in [-0.2, -0.15) is 0 Å². The van der Waals surface area contributed by atoms with E-state index in [4.69, 9.17) is 10.5 Å². The van der Waals surface area contributed by atoms with Crippen LogP contribution in [0.15, 0.2) is 4.79 Å². The van der Waals surface area contributed by atoms with Crippen LogP contribution in [-0.2, 0) is 6.54 Å². The highest BCUT2D eigenvalue weighted by Gasteiger charge is 2.16. The van der Waals surface area contributed by atoms with E-state index in [2.05, 4.69) is 10.3 Å². The molecule has 0 saturated heterocycles. The lowest BCUT2D eigenvalue weighted by Gasteiger charge is -2.15. The average molecular weight is 266 g/mol. The highest BCUT2D eigenvalue weighted by Crippen LogP contribution is 2.12. The van der Waals surface area contributed by atoms with Crippen LogP contribution in [0.4, 0.5) is 5.69 Å². The van der Waals surface area contributed by atoms with Crippen molar-refractivity contribution in [2.75, 3.05) is 18.5 Å². The van der Waals surface area contributed by atoms with Gasteiger partial charge in [0.05, 0.1) is 18.9 Å². The topological polar surface area (TPSA) is 91.0 Å². The first-order valence-corrected chi connectivity index (χ1v) is 6.60. The molecule has 1 aromatic heterocycles. The second kappa shape index (κ2) is 7.04. The third-order valence-corrected chi connectivity index (χ3v) is 2.82. The zero-order valence-corrected chi connectivity index (χ0v) is 11.8. The summed E-state index contributed by atoms with van der Waals surface area (Å²) >= 11 is 0. The number of aromatic nitrogens is 2. The third-order valence-electron chi connectivity index (χ3n) is 2.82. The maximum Gasteiger partial charge on any atom is 0.277 e. The molecule has 6 heteroatoms. The van der Waals surface area contributed by atoms with Crippen molar-refractivity contribution < 1.29 is 5.11 Å². The first-order valence-electron chi connectivity index (χ1n) is 6.60. The van der Waals surface area contributed by atoms with Gasteiger partial charge in [0.15, 0.2) is 0 Å². The van der Waals surface area contributed by atoms with E-state index in [1.54, 1.807) is 6.92 Å². The molecule has 0 spiro atoms. The highest BCUT2D eigenvalue weighted by molar-refractivity contribution is 6.00. The molecule has 1 heterocycles. The number of rotatable bonds is 7. The quantitative estimate of drug-likeness (QED) is 0.645. The van der Waals surface area contributed by atoms with Crippen LogP contribution in [0.25, 0.3) is 0 Å². The minimum atomic E-state index is -0.223. The summed E-state index contributed by atoms with van der Waals surface area (Å²) in [6.45, 7) is 6.29. The van der Waals surface area contributed by atoms with Crippen LogP contribution >= 0.6 is 0 Å². The van der Waals surface area contributed by atoms with Crippen LogP contribution in [0.2, 0.25) is 0 Å². The third kappa shape index (κ3) is 3.41. The van der Waals surface area contributed by atoms with Gasteiger partial charge in [-0.3, -0.25) is 9.36 Å². The van der Waals surface area contributed by atoms with E-state index in [9.17, 15) is 4.79 Å². The number of nitrogens with zero attached hydrogens (tertiary/aromatic N) is 2. The minimum Gasteiger partial charge on any atom is -0.395 e. The van der Waals surface area contributed by atoms with E-state index in [0.717, 1.165) is 6.42 Å². The van der Waals surface area contributed by atoms with Crippen molar-refractivity contribution in [3.8, 4) is 0 Å². The largest absolute Gasteiger partial charge is 0.395 e. The van der Waals surface area contributed by atoms with E-state index >= 15 is 0 Å². The SMILES string of the molecule is CCCC(=N)c1nc(C)n(CCO)c(=O)c1NCC. The van der Waals surface area contributed by atoms with Gasteiger partial charge in [0.1, 0.15) is 17.2 Å². The Hall–Kier alpha value is -1.69. The summed E-state index contributed by atoms with van der Waals surface area (Å²) in [6.07, 6.45) is 1.43. The predicted octanol–water partition coefficient (Wildman–Crippen LogP) is 1.14. The van der Waals surface area contributed by atoms with Crippen LogP contribution in [0, 0.1) is 12.3 Å². The molecule has 0 bridgehead atoms. The fourth-order valence-electron chi connectivity index (χ4n) is 1.95. The molecular formula is C13H22N4O2. The first-order chi connectivity index (χ1) is 9.06. The normalized spacial score (nSPS) is 10.5. The van der Waals surface area contributed by atoms with Gasteiger partial charge < -0.3 is 15.8 Å². The second-order valence-electron chi connectivity index (χ2n) is 4.32. The van der Waals surface area contributed by atoms with Crippen LogP contribution in [0.5, 0.6) is 0 Å². The molecule has 6 nitrogen and oxygen atoms in total. The monoisotopic (exact) mass is 266 g/mol. The number of aryl methyl sites for hydroxylation is 1. The molecule has 0 aliphatic heterocycles. The zero-order chi connectivity index (χ0) is 14.4. The average Bonchev–Trinajstić information content (AvgIpc) is 2.38. The Morgan fingerprint density at radius 1 is 1.47 bits per heavy atom. The first kappa shape index (κ1) is 15.4. The Morgan fingerprint density at radius 2 is 2.16 bits per heavy atom. The molecule has 0 radical (unpaired) electrons. The fourth-order valence-corrected chi connectivity index (χ4v) is 1.95. The van der Waals surface area contributed by atoms with Gasteiger partial charge in [-0.25, -0.2) is 4.98 Å². The van der Waals surface area contributed by atoms with Crippen molar-refractivity contribution >= 4 is 11.4 Å². The van der Waals surface area contributed by atoms with Gasteiger partial charge in [-0.15, -0.1) is 0 Å². The molecule has 1 aromatic rings. The van der Waals surface area contributed by atoms with Crippen molar-refractivity contribution in [1.82, 2.24) is 9.55 Å². The Labute approximate surface area is 113 Å². The molecule has 0 aromatic carbocycles. The maximum absolute atomic E-state index is 12.4. The Kier molecular flexibility index (Phi) is 5.69. The molecule has 0 aliphatic carbocycles. The lowest BCUT2D eigenvalue weighted by atomic mass is 10.1. The number of hydrogen-bond donors (Lipinski definition) is 3. The molecule has 0 saturated carbocycles. The Bertz CT molecular complexity index is 508. The Balaban J connectivity index is 3.39. The van der Waals surface area contributed by atoms with E-state index < -0.39 is 0 Å². The van der Waals surface area contributed by atoms with Crippen molar-refractivity contribution in [3.63, 3.8) is 0 Å². The molecule has 3 N–H and O–H groups in total. The second-order valence-corrected chi connectivity index (χ2v) is 4.32. The zero-order valence-electron chi connectivity index (χ0n) is 11.8. The van der Waals surface area contributed by atoms with Gasteiger partial charge in [0.2, 0.25) is 0 Å². The van der Waals surface area contributed by atoms with Crippen molar-refractivity contribution in [3.05, 3.63) is 21.9 Å². The smallest absolute Gasteiger partial charge is 0.277 e. The Morgan fingerprint density at radius 3 is 2.68 bits per heavy atom. The van der Waals surface area contributed by atoms with E-state index in [1.165, 1.54) is 4.57 Å². The highest BCUT2D eigenvalue weighted by atomic mass is 16.3. The number of anilines is 1. The summed E-state index contributed by atoms with van der Waals surface area (Å²) in [5, 5.41) is 20.0. The van der Waals surface area contributed by atoms with Crippen molar-refractivity contribution in [2.24, 2.45) is 0 Å². The van der Waals surface area contributed by atoms with E-state index in [0.29, 0.717) is 35.9 Å². The number of aliphatic hydroxyl groups excluding tert-OH is 1. The summed E-state index contributed by atoms with van der Waals surface area (Å²) in [5.41, 5.74) is 0.939. The summed E-state index contributed by atoms with van der Waals surface area (Å²) in [7, 11) is 0. The summed E-state index contributed by atoms with van der Waals surface area (Å²) in [4.78, 5) is 16.7. The van der Waals surface area contributed by atoms with E-state index in [1.807, 2.05) is 13.8 Å².